The van der Waals surface area contributed by atoms with Crippen LogP contribution in [0, 0.1) is 0 Å². The van der Waals surface area contributed by atoms with E-state index in [2.05, 4.69) is 4.98 Å². The molecule has 4 nitrogen and oxygen atoms in total. The molecule has 0 aliphatic carbocycles. The van der Waals surface area contributed by atoms with Gasteiger partial charge in [-0.25, -0.2) is 9.97 Å². The smallest absolute Gasteiger partial charge is 0.433 e. The third-order valence-electron chi connectivity index (χ3n) is 5.10. The van der Waals surface area contributed by atoms with Gasteiger partial charge in [-0.15, -0.1) is 11.3 Å². The molecular formula is C21H20F3N3OS. The lowest BCUT2D eigenvalue weighted by Gasteiger charge is -2.32. The minimum Gasteiger partial charge on any atom is -0.496 e. The molecule has 29 heavy (non-hydrogen) atoms. The van der Waals surface area contributed by atoms with Gasteiger partial charge in [0, 0.05) is 30.0 Å². The standard InChI is InChI=1S/C21H20F3N3OS/c1-28-17-6-3-2-5-15(17)16-13-29-20(25-16)14-9-11-27(12-10-14)19-8-4-7-18(26-19)21(22,23)24/h2-8,13-14H,9-12H2,1H3. The molecule has 0 amide bonds. The number of anilines is 1. The monoisotopic (exact) mass is 419 g/mol. The van der Waals surface area contributed by atoms with Crippen LogP contribution in [0.25, 0.3) is 11.3 Å². The normalized spacial score (nSPS) is 15.5. The zero-order valence-electron chi connectivity index (χ0n) is 15.8. The number of benzene rings is 1. The maximum atomic E-state index is 12.9. The van der Waals surface area contributed by atoms with E-state index in [1.165, 1.54) is 6.07 Å². The van der Waals surface area contributed by atoms with Crippen molar-refractivity contribution in [2.45, 2.75) is 24.9 Å². The first-order chi connectivity index (χ1) is 14.0. The molecule has 4 rings (SSSR count). The summed E-state index contributed by atoms with van der Waals surface area (Å²) < 4.78 is 44.2. The summed E-state index contributed by atoms with van der Waals surface area (Å²) in [7, 11) is 1.64. The fourth-order valence-electron chi connectivity index (χ4n) is 3.57. The van der Waals surface area contributed by atoms with Crippen LogP contribution in [0.2, 0.25) is 0 Å². The maximum Gasteiger partial charge on any atom is 0.433 e. The highest BCUT2D eigenvalue weighted by Gasteiger charge is 2.33. The number of para-hydroxylation sites is 1. The van der Waals surface area contributed by atoms with Gasteiger partial charge >= 0.3 is 6.18 Å². The number of piperidine rings is 1. The fraction of sp³-hybridized carbons (Fsp3) is 0.333. The number of hydrogen-bond donors (Lipinski definition) is 0. The topological polar surface area (TPSA) is 38.2 Å². The molecule has 0 saturated carbocycles. The lowest BCUT2D eigenvalue weighted by atomic mass is 9.97. The summed E-state index contributed by atoms with van der Waals surface area (Å²) >= 11 is 1.62. The summed E-state index contributed by atoms with van der Waals surface area (Å²) in [5, 5.41) is 3.09. The van der Waals surface area contributed by atoms with Gasteiger partial charge < -0.3 is 9.64 Å². The lowest BCUT2D eigenvalue weighted by molar-refractivity contribution is -0.141. The second kappa shape index (κ2) is 8.02. The molecule has 0 spiro atoms. The van der Waals surface area contributed by atoms with Gasteiger partial charge in [-0.05, 0) is 37.1 Å². The number of halogens is 3. The highest BCUT2D eigenvalue weighted by atomic mass is 32.1. The molecule has 1 fully saturated rings. The van der Waals surface area contributed by atoms with Crippen molar-refractivity contribution < 1.29 is 17.9 Å². The molecule has 1 saturated heterocycles. The predicted molar refractivity (Wildman–Crippen MR) is 108 cm³/mol. The van der Waals surface area contributed by atoms with E-state index >= 15 is 0 Å². The van der Waals surface area contributed by atoms with E-state index in [1.807, 2.05) is 34.5 Å². The van der Waals surface area contributed by atoms with Gasteiger partial charge in [0.1, 0.15) is 17.3 Å². The Balaban J connectivity index is 1.45. The Bertz CT molecular complexity index is 981. The molecule has 1 aliphatic heterocycles. The number of ether oxygens (including phenoxy) is 1. The maximum absolute atomic E-state index is 12.9. The largest absolute Gasteiger partial charge is 0.496 e. The average molecular weight is 419 g/mol. The van der Waals surface area contributed by atoms with E-state index in [0.717, 1.165) is 40.9 Å². The second-order valence-corrected chi connectivity index (χ2v) is 7.80. The first-order valence-electron chi connectivity index (χ1n) is 9.33. The zero-order valence-corrected chi connectivity index (χ0v) is 16.6. The third-order valence-corrected chi connectivity index (χ3v) is 6.11. The third kappa shape index (κ3) is 4.22. The van der Waals surface area contributed by atoms with Crippen LogP contribution >= 0.6 is 11.3 Å². The van der Waals surface area contributed by atoms with Crippen molar-refractivity contribution in [1.82, 2.24) is 9.97 Å². The molecule has 3 aromatic rings. The first-order valence-corrected chi connectivity index (χ1v) is 10.2. The second-order valence-electron chi connectivity index (χ2n) is 6.91. The van der Waals surface area contributed by atoms with Gasteiger partial charge in [-0.1, -0.05) is 18.2 Å². The van der Waals surface area contributed by atoms with Crippen LogP contribution in [-0.4, -0.2) is 30.2 Å². The Morgan fingerprint density at radius 3 is 2.52 bits per heavy atom. The van der Waals surface area contributed by atoms with Crippen molar-refractivity contribution in [2.24, 2.45) is 0 Å². The summed E-state index contributed by atoms with van der Waals surface area (Å²) in [6.45, 7) is 1.31. The predicted octanol–water partition coefficient (Wildman–Crippen LogP) is 5.62. The summed E-state index contributed by atoms with van der Waals surface area (Å²) in [4.78, 5) is 10.5. The van der Waals surface area contributed by atoms with E-state index < -0.39 is 11.9 Å². The number of pyridine rings is 1. The van der Waals surface area contributed by atoms with Crippen molar-refractivity contribution in [1.29, 1.82) is 0 Å². The van der Waals surface area contributed by atoms with E-state index in [9.17, 15) is 13.2 Å². The molecular weight excluding hydrogens is 399 g/mol. The summed E-state index contributed by atoms with van der Waals surface area (Å²) in [6, 6.07) is 11.8. The minimum atomic E-state index is -4.43. The fourth-order valence-corrected chi connectivity index (χ4v) is 4.56. The molecule has 2 aromatic heterocycles. The SMILES string of the molecule is COc1ccccc1-c1csc(C2CCN(c3cccc(C(F)(F)F)n3)CC2)n1. The first kappa shape index (κ1) is 19.7. The Kier molecular flexibility index (Phi) is 5.45. The van der Waals surface area contributed by atoms with Gasteiger partial charge in [-0.2, -0.15) is 13.2 Å². The van der Waals surface area contributed by atoms with Crippen molar-refractivity contribution in [2.75, 3.05) is 25.1 Å². The number of thiazole rings is 1. The van der Waals surface area contributed by atoms with Gasteiger partial charge in [0.15, 0.2) is 0 Å². The quantitative estimate of drug-likeness (QED) is 0.550. The van der Waals surface area contributed by atoms with Crippen LogP contribution in [0.5, 0.6) is 5.75 Å². The van der Waals surface area contributed by atoms with Gasteiger partial charge in [-0.3, -0.25) is 0 Å². The van der Waals surface area contributed by atoms with E-state index in [4.69, 9.17) is 9.72 Å². The molecule has 3 heterocycles. The van der Waals surface area contributed by atoms with Crippen molar-refractivity contribution >= 4 is 17.2 Å². The van der Waals surface area contributed by atoms with Crippen molar-refractivity contribution in [3.8, 4) is 17.0 Å². The number of rotatable bonds is 4. The molecule has 0 radical (unpaired) electrons. The van der Waals surface area contributed by atoms with Gasteiger partial charge in [0.2, 0.25) is 0 Å². The Labute approximate surface area is 171 Å². The summed E-state index contributed by atoms with van der Waals surface area (Å²) in [5.74, 6) is 1.47. The van der Waals surface area contributed by atoms with Crippen molar-refractivity contribution in [3.63, 3.8) is 0 Å². The number of nitrogens with zero attached hydrogens (tertiary/aromatic N) is 3. The minimum absolute atomic E-state index is 0.297. The van der Waals surface area contributed by atoms with Crippen molar-refractivity contribution in [3.05, 3.63) is 58.5 Å². The highest BCUT2D eigenvalue weighted by Crippen LogP contribution is 2.36. The zero-order chi connectivity index (χ0) is 20.4. The van der Waals surface area contributed by atoms with Crippen LogP contribution in [0.1, 0.15) is 29.5 Å². The van der Waals surface area contributed by atoms with Crippen LogP contribution in [0.15, 0.2) is 47.8 Å². The Hall–Kier alpha value is -2.61. The molecule has 0 bridgehead atoms. The molecule has 0 atom stereocenters. The lowest BCUT2D eigenvalue weighted by Crippen LogP contribution is -2.33. The average Bonchev–Trinajstić information content (AvgIpc) is 3.23. The van der Waals surface area contributed by atoms with Gasteiger partial charge in [0.25, 0.3) is 0 Å². The number of hydrogen-bond acceptors (Lipinski definition) is 5. The van der Waals surface area contributed by atoms with Crippen LogP contribution in [0.3, 0.4) is 0 Å². The molecule has 8 heteroatoms. The summed E-state index contributed by atoms with van der Waals surface area (Å²) in [6.07, 6.45) is -2.77. The van der Waals surface area contributed by atoms with Crippen LogP contribution < -0.4 is 9.64 Å². The van der Waals surface area contributed by atoms with E-state index in [1.54, 1.807) is 24.5 Å². The molecule has 0 N–H and O–H groups in total. The number of aromatic nitrogens is 2. The van der Waals surface area contributed by atoms with Gasteiger partial charge in [0.05, 0.1) is 17.8 Å². The van der Waals surface area contributed by atoms with E-state index in [0.29, 0.717) is 24.8 Å². The number of alkyl halides is 3. The van der Waals surface area contributed by atoms with Crippen LogP contribution in [-0.2, 0) is 6.18 Å². The van der Waals surface area contributed by atoms with Crippen LogP contribution in [0.4, 0.5) is 19.0 Å². The Morgan fingerprint density at radius 1 is 1.03 bits per heavy atom. The molecule has 1 aromatic carbocycles. The molecule has 0 unspecified atom stereocenters. The van der Waals surface area contributed by atoms with E-state index in [-0.39, 0.29) is 0 Å². The summed E-state index contributed by atoms with van der Waals surface area (Å²) in [5.41, 5.74) is 1.01. The Morgan fingerprint density at radius 2 is 1.79 bits per heavy atom. The number of methoxy groups -OCH3 is 1. The molecule has 152 valence electrons. The molecule has 1 aliphatic rings. The highest BCUT2D eigenvalue weighted by molar-refractivity contribution is 7.10.